The summed E-state index contributed by atoms with van der Waals surface area (Å²) in [6.07, 6.45) is -3.74. The average molecular weight is 369 g/mol. The molecule has 0 spiro atoms. The maximum Gasteiger partial charge on any atom is 0.419 e. The van der Waals surface area contributed by atoms with E-state index in [1.54, 1.807) is 0 Å². The van der Waals surface area contributed by atoms with Gasteiger partial charge in [0.15, 0.2) is 0 Å². The minimum absolute atomic E-state index is 0.0540. The number of hydrogen-bond donors (Lipinski definition) is 2. The van der Waals surface area contributed by atoms with Gasteiger partial charge in [0, 0.05) is 12.1 Å². The van der Waals surface area contributed by atoms with Gasteiger partial charge < -0.3 is 14.7 Å². The number of amides is 1. The molecule has 2 N–H and O–H groups in total. The molecule has 10 heteroatoms. The van der Waals surface area contributed by atoms with Crippen LogP contribution in [0.5, 0.6) is 0 Å². The number of hydrogen-bond acceptors (Lipinski definition) is 4. The molecule has 0 unspecified atom stereocenters. The molecule has 1 amide bonds. The molecule has 2 aromatic heterocycles. The first-order valence-corrected chi connectivity index (χ1v) is 7.29. The van der Waals surface area contributed by atoms with E-state index in [1.807, 2.05) is 0 Å². The zero-order valence-corrected chi connectivity index (χ0v) is 13.2. The number of carbonyl (C=O) groups is 1. The molecule has 0 atom stereocenters. The van der Waals surface area contributed by atoms with Crippen LogP contribution in [0.1, 0.15) is 27.2 Å². The number of aryl methyl sites for hydroxylation is 1. The number of alkyl halides is 3. The number of fused-ring (bicyclic) bond motifs is 1. The van der Waals surface area contributed by atoms with Crippen LogP contribution in [0.3, 0.4) is 0 Å². The molecule has 0 saturated heterocycles. The molecule has 0 aliphatic heterocycles. The highest BCUT2D eigenvalue weighted by molar-refractivity contribution is 6.06. The highest BCUT2D eigenvalue weighted by Crippen LogP contribution is 2.32. The molecule has 0 bridgehead atoms. The number of carbonyl (C=O) groups excluding carboxylic acids is 1. The number of benzene rings is 1. The van der Waals surface area contributed by atoms with E-state index in [0.717, 1.165) is 18.5 Å². The van der Waals surface area contributed by atoms with Crippen LogP contribution >= 0.6 is 0 Å². The molecule has 0 aliphatic carbocycles. The second-order valence-electron chi connectivity index (χ2n) is 5.40. The van der Waals surface area contributed by atoms with E-state index in [0.29, 0.717) is 6.07 Å². The predicted octanol–water partition coefficient (Wildman–Crippen LogP) is 2.91. The van der Waals surface area contributed by atoms with Crippen molar-refractivity contribution in [3.63, 3.8) is 0 Å². The molecule has 0 saturated carbocycles. The Balaban J connectivity index is 1.90. The number of halogens is 4. The smallest absolute Gasteiger partial charge is 0.419 e. The van der Waals surface area contributed by atoms with E-state index >= 15 is 0 Å². The zero-order valence-electron chi connectivity index (χ0n) is 13.2. The molecular weight excluding hydrogens is 358 g/mol. The van der Waals surface area contributed by atoms with Gasteiger partial charge >= 0.3 is 6.18 Å². The van der Waals surface area contributed by atoms with Gasteiger partial charge in [-0.05, 0) is 13.0 Å². The standard InChI is InChI=1S/C16H11F4N3O3/c1-7-10(11-14(25)22-6-23-15(11)26-7)13(24)21-5-8-3-2-4-9(12(8)17)16(18,19)20/h2-4,6H,5H2,1H3,(H,21,24)(H,22,23,25). The summed E-state index contributed by atoms with van der Waals surface area (Å²) in [5, 5.41) is 2.20. The van der Waals surface area contributed by atoms with Crippen LogP contribution in [0.25, 0.3) is 11.1 Å². The van der Waals surface area contributed by atoms with Crippen molar-refractivity contribution in [2.24, 2.45) is 0 Å². The molecular formula is C16H11F4N3O3. The van der Waals surface area contributed by atoms with Gasteiger partial charge in [-0.25, -0.2) is 9.37 Å². The van der Waals surface area contributed by atoms with Crippen molar-refractivity contribution < 1.29 is 26.8 Å². The highest BCUT2D eigenvalue weighted by atomic mass is 19.4. The second-order valence-corrected chi connectivity index (χ2v) is 5.40. The Morgan fingerprint density at radius 1 is 1.35 bits per heavy atom. The minimum Gasteiger partial charge on any atom is -0.442 e. The van der Waals surface area contributed by atoms with Crippen molar-refractivity contribution in [1.29, 1.82) is 0 Å². The molecule has 26 heavy (non-hydrogen) atoms. The fourth-order valence-corrected chi connectivity index (χ4v) is 2.53. The number of aromatic nitrogens is 2. The van der Waals surface area contributed by atoms with Crippen molar-refractivity contribution in [3.05, 3.63) is 63.1 Å². The molecule has 6 nitrogen and oxygen atoms in total. The third-order valence-corrected chi connectivity index (χ3v) is 3.72. The summed E-state index contributed by atoms with van der Waals surface area (Å²) in [6, 6.07) is 2.78. The summed E-state index contributed by atoms with van der Waals surface area (Å²) in [5.74, 6) is -2.16. The number of nitrogens with one attached hydrogen (secondary N) is 2. The lowest BCUT2D eigenvalue weighted by Gasteiger charge is -2.11. The first-order valence-electron chi connectivity index (χ1n) is 7.29. The van der Waals surface area contributed by atoms with Crippen LogP contribution in [0.4, 0.5) is 17.6 Å². The Morgan fingerprint density at radius 3 is 2.77 bits per heavy atom. The third kappa shape index (κ3) is 3.05. The van der Waals surface area contributed by atoms with E-state index in [4.69, 9.17) is 4.42 Å². The Kier molecular flexibility index (Phi) is 4.26. The monoisotopic (exact) mass is 369 g/mol. The van der Waals surface area contributed by atoms with E-state index in [9.17, 15) is 27.2 Å². The van der Waals surface area contributed by atoms with Gasteiger partial charge in [-0.1, -0.05) is 12.1 Å². The van der Waals surface area contributed by atoms with E-state index < -0.39 is 35.6 Å². The van der Waals surface area contributed by atoms with Crippen LogP contribution in [-0.4, -0.2) is 15.9 Å². The molecule has 0 fully saturated rings. The molecule has 3 rings (SSSR count). The second kappa shape index (κ2) is 6.28. The quantitative estimate of drug-likeness (QED) is 0.695. The van der Waals surface area contributed by atoms with Gasteiger partial charge in [-0.3, -0.25) is 9.59 Å². The summed E-state index contributed by atoms with van der Waals surface area (Å²) in [7, 11) is 0. The van der Waals surface area contributed by atoms with Gasteiger partial charge in [-0.2, -0.15) is 13.2 Å². The van der Waals surface area contributed by atoms with E-state index in [1.165, 1.54) is 6.92 Å². The Bertz CT molecular complexity index is 1050. The Hall–Kier alpha value is -3.17. The number of H-pyrrole nitrogens is 1. The van der Waals surface area contributed by atoms with E-state index in [2.05, 4.69) is 15.3 Å². The van der Waals surface area contributed by atoms with Gasteiger partial charge in [0.1, 0.15) is 17.0 Å². The van der Waals surface area contributed by atoms with Gasteiger partial charge in [0.25, 0.3) is 11.5 Å². The van der Waals surface area contributed by atoms with Gasteiger partial charge in [-0.15, -0.1) is 0 Å². The molecule has 0 aliphatic rings. The zero-order chi connectivity index (χ0) is 19.1. The van der Waals surface area contributed by atoms with Crippen molar-refractivity contribution in [1.82, 2.24) is 15.3 Å². The number of aromatic amines is 1. The summed E-state index contributed by atoms with van der Waals surface area (Å²) < 4.78 is 57.4. The van der Waals surface area contributed by atoms with Crippen molar-refractivity contribution in [2.75, 3.05) is 0 Å². The lowest BCUT2D eigenvalue weighted by molar-refractivity contribution is -0.140. The summed E-state index contributed by atoms with van der Waals surface area (Å²) >= 11 is 0. The van der Waals surface area contributed by atoms with E-state index in [-0.39, 0.29) is 28.0 Å². The summed E-state index contributed by atoms with van der Waals surface area (Å²) in [6.45, 7) is 0.930. The predicted molar refractivity (Wildman–Crippen MR) is 81.9 cm³/mol. The maximum atomic E-state index is 14.0. The first-order chi connectivity index (χ1) is 12.2. The maximum absolute atomic E-state index is 14.0. The average Bonchev–Trinajstić information content (AvgIpc) is 2.90. The third-order valence-electron chi connectivity index (χ3n) is 3.72. The lowest BCUT2D eigenvalue weighted by Crippen LogP contribution is -2.25. The summed E-state index contributed by atoms with van der Waals surface area (Å²) in [4.78, 5) is 30.3. The lowest BCUT2D eigenvalue weighted by atomic mass is 10.1. The van der Waals surface area contributed by atoms with Gasteiger partial charge in [0.05, 0.1) is 17.5 Å². The van der Waals surface area contributed by atoms with Gasteiger partial charge in [0.2, 0.25) is 5.71 Å². The number of nitrogens with zero attached hydrogens (tertiary/aromatic N) is 1. The van der Waals surface area contributed by atoms with Crippen molar-refractivity contribution in [3.8, 4) is 0 Å². The Morgan fingerprint density at radius 2 is 2.08 bits per heavy atom. The normalized spacial score (nSPS) is 11.7. The largest absolute Gasteiger partial charge is 0.442 e. The van der Waals surface area contributed by atoms with Crippen LogP contribution in [0.2, 0.25) is 0 Å². The van der Waals surface area contributed by atoms with Crippen LogP contribution < -0.4 is 10.9 Å². The fraction of sp³-hybridized carbons (Fsp3) is 0.188. The van der Waals surface area contributed by atoms with Crippen molar-refractivity contribution in [2.45, 2.75) is 19.6 Å². The Labute approximate surface area is 142 Å². The molecule has 2 heterocycles. The highest BCUT2D eigenvalue weighted by Gasteiger charge is 2.34. The molecule has 3 aromatic rings. The summed E-state index contributed by atoms with van der Waals surface area (Å²) in [5.41, 5.74) is -2.54. The first kappa shape index (κ1) is 17.6. The van der Waals surface area contributed by atoms with Crippen LogP contribution in [0, 0.1) is 12.7 Å². The van der Waals surface area contributed by atoms with Crippen LogP contribution in [0.15, 0.2) is 33.7 Å². The fourth-order valence-electron chi connectivity index (χ4n) is 2.53. The molecule has 0 radical (unpaired) electrons. The minimum atomic E-state index is -4.85. The SMILES string of the molecule is Cc1oc2nc[nH]c(=O)c2c1C(=O)NCc1cccc(C(F)(F)F)c1F. The van der Waals surface area contributed by atoms with Crippen molar-refractivity contribution >= 4 is 17.0 Å². The topological polar surface area (TPSA) is 88.0 Å². The number of furan rings is 1. The molecule has 136 valence electrons. The molecule has 1 aromatic carbocycles. The van der Waals surface area contributed by atoms with Crippen LogP contribution in [-0.2, 0) is 12.7 Å². The number of rotatable bonds is 3.